The highest BCUT2D eigenvalue weighted by Crippen LogP contribution is 2.37. The third-order valence-corrected chi connectivity index (χ3v) is 6.58. The third kappa shape index (κ3) is 3.33. The lowest BCUT2D eigenvalue weighted by molar-refractivity contribution is 0.103. The highest BCUT2D eigenvalue weighted by Gasteiger charge is 2.18. The lowest BCUT2D eigenvalue weighted by Gasteiger charge is -2.09. The maximum absolute atomic E-state index is 12.9. The SMILES string of the molecule is Cc1cc(-c2nc3ncccc3o2)ccc1NC(=O)c1sc2cc(Cl)ccc2c1Cl. The maximum atomic E-state index is 12.9. The number of thiophene rings is 1. The lowest BCUT2D eigenvalue weighted by atomic mass is 10.1. The number of anilines is 1. The van der Waals surface area contributed by atoms with Crippen LogP contribution in [0.2, 0.25) is 10.0 Å². The predicted molar refractivity (Wildman–Crippen MR) is 122 cm³/mol. The van der Waals surface area contributed by atoms with Crippen molar-refractivity contribution in [3.63, 3.8) is 0 Å². The number of carbonyl (C=O) groups excluding carboxylic acids is 1. The molecule has 0 atom stereocenters. The molecule has 5 nitrogen and oxygen atoms in total. The summed E-state index contributed by atoms with van der Waals surface area (Å²) in [6.45, 7) is 1.91. The molecule has 148 valence electrons. The third-order valence-electron chi connectivity index (χ3n) is 4.68. The van der Waals surface area contributed by atoms with Crippen molar-refractivity contribution >= 4 is 67.4 Å². The number of rotatable bonds is 3. The smallest absolute Gasteiger partial charge is 0.267 e. The van der Waals surface area contributed by atoms with Crippen molar-refractivity contribution in [1.29, 1.82) is 0 Å². The average Bonchev–Trinajstić information content (AvgIpc) is 3.30. The Bertz CT molecular complexity index is 1410. The zero-order valence-electron chi connectivity index (χ0n) is 15.6. The van der Waals surface area contributed by atoms with Gasteiger partial charge in [0.1, 0.15) is 4.88 Å². The molecular formula is C22H13Cl2N3O2S. The summed E-state index contributed by atoms with van der Waals surface area (Å²) in [5.41, 5.74) is 3.54. The summed E-state index contributed by atoms with van der Waals surface area (Å²) in [4.78, 5) is 21.9. The molecular weight excluding hydrogens is 441 g/mol. The molecule has 3 heterocycles. The van der Waals surface area contributed by atoms with Crippen molar-refractivity contribution in [3.8, 4) is 11.5 Å². The van der Waals surface area contributed by atoms with Crippen molar-refractivity contribution in [2.45, 2.75) is 6.92 Å². The normalized spacial score (nSPS) is 11.3. The van der Waals surface area contributed by atoms with E-state index in [2.05, 4.69) is 15.3 Å². The number of oxazole rings is 1. The fraction of sp³-hybridized carbons (Fsp3) is 0.0455. The van der Waals surface area contributed by atoms with Crippen molar-refractivity contribution in [1.82, 2.24) is 9.97 Å². The van der Waals surface area contributed by atoms with Gasteiger partial charge in [0, 0.05) is 32.6 Å². The fourth-order valence-corrected chi connectivity index (χ4v) is 4.88. The zero-order valence-corrected chi connectivity index (χ0v) is 17.9. The number of amides is 1. The van der Waals surface area contributed by atoms with Crippen LogP contribution in [0.15, 0.2) is 59.1 Å². The highest BCUT2D eigenvalue weighted by atomic mass is 35.5. The summed E-state index contributed by atoms with van der Waals surface area (Å²) >= 11 is 13.8. The summed E-state index contributed by atoms with van der Waals surface area (Å²) in [5, 5.41) is 4.78. The molecule has 1 amide bonds. The number of aryl methyl sites for hydroxylation is 1. The van der Waals surface area contributed by atoms with Crippen LogP contribution in [-0.4, -0.2) is 15.9 Å². The summed E-state index contributed by atoms with van der Waals surface area (Å²) in [6, 6.07) is 14.6. The Morgan fingerprint density at radius 3 is 2.80 bits per heavy atom. The molecule has 3 aromatic heterocycles. The van der Waals surface area contributed by atoms with Crippen LogP contribution in [0, 0.1) is 6.92 Å². The lowest BCUT2D eigenvalue weighted by Crippen LogP contribution is -2.11. The van der Waals surface area contributed by atoms with Crippen molar-refractivity contribution in [2.24, 2.45) is 0 Å². The number of aromatic nitrogens is 2. The quantitative estimate of drug-likeness (QED) is 0.320. The number of nitrogens with one attached hydrogen (secondary N) is 1. The molecule has 0 radical (unpaired) electrons. The number of fused-ring (bicyclic) bond motifs is 2. The first-order chi connectivity index (χ1) is 14.5. The Morgan fingerprint density at radius 1 is 1.13 bits per heavy atom. The molecule has 0 aliphatic heterocycles. The molecule has 0 bridgehead atoms. The molecule has 2 aromatic carbocycles. The van der Waals surface area contributed by atoms with E-state index in [1.165, 1.54) is 11.3 Å². The van der Waals surface area contributed by atoms with Crippen LogP contribution < -0.4 is 5.32 Å². The van der Waals surface area contributed by atoms with Crippen LogP contribution >= 0.6 is 34.5 Å². The molecule has 0 saturated heterocycles. The summed E-state index contributed by atoms with van der Waals surface area (Å²) in [6.07, 6.45) is 1.67. The number of nitrogens with zero attached hydrogens (tertiary/aromatic N) is 2. The first-order valence-corrected chi connectivity index (χ1v) is 10.6. The fourth-order valence-electron chi connectivity index (χ4n) is 3.19. The van der Waals surface area contributed by atoms with Crippen molar-refractivity contribution < 1.29 is 9.21 Å². The van der Waals surface area contributed by atoms with Crippen LogP contribution in [0.5, 0.6) is 0 Å². The summed E-state index contributed by atoms with van der Waals surface area (Å²) in [5.74, 6) is 0.216. The van der Waals surface area contributed by atoms with Crippen molar-refractivity contribution in [2.75, 3.05) is 5.32 Å². The van der Waals surface area contributed by atoms with Gasteiger partial charge in [-0.3, -0.25) is 4.79 Å². The van der Waals surface area contributed by atoms with Gasteiger partial charge in [-0.05, 0) is 55.0 Å². The molecule has 0 aliphatic rings. The molecule has 5 rings (SSSR count). The number of carbonyl (C=O) groups is 1. The van der Waals surface area contributed by atoms with Crippen LogP contribution in [0.4, 0.5) is 5.69 Å². The zero-order chi connectivity index (χ0) is 20.8. The van der Waals surface area contributed by atoms with Crippen LogP contribution in [0.25, 0.3) is 32.8 Å². The minimum absolute atomic E-state index is 0.265. The molecule has 5 aromatic rings. The number of benzene rings is 2. The predicted octanol–water partition coefficient (Wildman–Crippen LogP) is 6.97. The molecule has 1 N–H and O–H groups in total. The highest BCUT2D eigenvalue weighted by molar-refractivity contribution is 7.21. The molecule has 0 aliphatic carbocycles. The molecule has 0 fully saturated rings. The molecule has 8 heteroatoms. The Kier molecular flexibility index (Phi) is 4.70. The Balaban J connectivity index is 1.44. The van der Waals surface area contributed by atoms with Crippen LogP contribution in [-0.2, 0) is 0 Å². The largest absolute Gasteiger partial charge is 0.434 e. The van der Waals surface area contributed by atoms with E-state index in [1.807, 2.05) is 37.3 Å². The first-order valence-electron chi connectivity index (χ1n) is 9.01. The second-order valence-corrected chi connectivity index (χ2v) is 8.58. The minimum Gasteiger partial charge on any atom is -0.434 e. The topological polar surface area (TPSA) is 68.0 Å². The van der Waals surface area contributed by atoms with Crippen LogP contribution in [0.1, 0.15) is 15.2 Å². The van der Waals surface area contributed by atoms with Gasteiger partial charge in [0.15, 0.2) is 11.2 Å². The van der Waals surface area contributed by atoms with Gasteiger partial charge < -0.3 is 9.73 Å². The van der Waals surface area contributed by atoms with Gasteiger partial charge in [-0.1, -0.05) is 29.3 Å². The second kappa shape index (κ2) is 7.40. The van der Waals surface area contributed by atoms with E-state index in [1.54, 1.807) is 24.4 Å². The maximum Gasteiger partial charge on any atom is 0.267 e. The second-order valence-electron chi connectivity index (χ2n) is 6.71. The van der Waals surface area contributed by atoms with E-state index < -0.39 is 0 Å². The van der Waals surface area contributed by atoms with Gasteiger partial charge in [0.05, 0.1) is 5.02 Å². The molecule has 30 heavy (non-hydrogen) atoms. The molecule has 0 saturated carbocycles. The summed E-state index contributed by atoms with van der Waals surface area (Å²) in [7, 11) is 0. The number of halogens is 2. The molecule has 0 unspecified atom stereocenters. The monoisotopic (exact) mass is 453 g/mol. The van der Waals surface area contributed by atoms with Gasteiger partial charge in [0.2, 0.25) is 5.89 Å². The first kappa shape index (κ1) is 19.1. The van der Waals surface area contributed by atoms with E-state index in [0.717, 1.165) is 21.2 Å². The van der Waals surface area contributed by atoms with E-state index in [9.17, 15) is 4.79 Å². The number of hydrogen-bond acceptors (Lipinski definition) is 5. The van der Waals surface area contributed by atoms with Gasteiger partial charge in [-0.25, -0.2) is 4.98 Å². The van der Waals surface area contributed by atoms with Gasteiger partial charge in [0.25, 0.3) is 5.91 Å². The number of pyridine rings is 1. The Morgan fingerprint density at radius 2 is 2.00 bits per heavy atom. The van der Waals surface area contributed by atoms with Gasteiger partial charge >= 0.3 is 0 Å². The van der Waals surface area contributed by atoms with Gasteiger partial charge in [-0.15, -0.1) is 11.3 Å². The standard InChI is InChI=1S/C22H13Cl2N3O2S/c1-11-9-12(22-27-20-16(29-22)3-2-8-25-20)4-7-15(11)26-21(28)19-18(24)14-6-5-13(23)10-17(14)30-19/h2-10H,1H3,(H,26,28). The van der Waals surface area contributed by atoms with Crippen molar-refractivity contribution in [3.05, 3.63) is 75.2 Å². The minimum atomic E-state index is -0.265. The number of hydrogen-bond donors (Lipinski definition) is 1. The van der Waals surface area contributed by atoms with Crippen LogP contribution in [0.3, 0.4) is 0 Å². The Labute approximate surface area is 185 Å². The van der Waals surface area contributed by atoms with E-state index in [-0.39, 0.29) is 5.91 Å². The van der Waals surface area contributed by atoms with E-state index in [0.29, 0.717) is 37.7 Å². The van der Waals surface area contributed by atoms with E-state index >= 15 is 0 Å². The van der Waals surface area contributed by atoms with E-state index in [4.69, 9.17) is 27.6 Å². The molecule has 0 spiro atoms. The van der Waals surface area contributed by atoms with Gasteiger partial charge in [-0.2, -0.15) is 4.98 Å². The Hall–Kier alpha value is -2.93. The average molecular weight is 454 g/mol. The summed E-state index contributed by atoms with van der Waals surface area (Å²) < 4.78 is 6.64.